The fourth-order valence-corrected chi connectivity index (χ4v) is 4.46. The van der Waals surface area contributed by atoms with Crippen molar-refractivity contribution in [1.29, 1.82) is 0 Å². The molecule has 164 valence electrons. The molecule has 0 aliphatic rings. The van der Waals surface area contributed by atoms with Gasteiger partial charge in [0.05, 0.1) is 34.8 Å². The van der Waals surface area contributed by atoms with E-state index in [-0.39, 0.29) is 27.2 Å². The fraction of sp³-hybridized carbons (Fsp3) is 0.278. The third kappa shape index (κ3) is 5.57. The lowest BCUT2D eigenvalue weighted by molar-refractivity contribution is -0.137. The van der Waals surface area contributed by atoms with E-state index in [1.54, 1.807) is 0 Å². The van der Waals surface area contributed by atoms with Crippen LogP contribution in [-0.2, 0) is 21.0 Å². The molecule has 2 aromatic rings. The second-order valence-electron chi connectivity index (χ2n) is 5.96. The molecule has 1 amide bonds. The largest absolute Gasteiger partial charge is 0.495 e. The number of likely N-dealkylation sites (N-methyl/N-ethyl adjacent to an activating group) is 1. The first kappa shape index (κ1) is 24.3. The number of carbonyl (C=O) groups excluding carboxylic acids is 1. The van der Waals surface area contributed by atoms with Crippen LogP contribution in [0.4, 0.5) is 18.9 Å². The number of anilines is 1. The van der Waals surface area contributed by atoms with Gasteiger partial charge >= 0.3 is 6.18 Å². The van der Waals surface area contributed by atoms with Gasteiger partial charge in [0.1, 0.15) is 5.75 Å². The van der Waals surface area contributed by atoms with Crippen molar-refractivity contribution in [3.05, 3.63) is 52.0 Å². The number of rotatable bonds is 7. The Labute approximate surface area is 181 Å². The van der Waals surface area contributed by atoms with Gasteiger partial charge in [-0.1, -0.05) is 30.1 Å². The topological polar surface area (TPSA) is 75.7 Å². The molecule has 0 radical (unpaired) electrons. The lowest BCUT2D eigenvalue weighted by Crippen LogP contribution is -2.38. The Balaban J connectivity index is 2.26. The van der Waals surface area contributed by atoms with E-state index in [4.69, 9.17) is 27.9 Å². The SMILES string of the molecule is CCN(CC(=O)Nc1ccc(Cl)cc1C(F)(F)F)S(=O)(=O)c1ccc(OC)c(Cl)c1. The van der Waals surface area contributed by atoms with Crippen LogP contribution in [-0.4, -0.2) is 38.8 Å². The third-order valence-electron chi connectivity index (χ3n) is 3.99. The summed E-state index contributed by atoms with van der Waals surface area (Å²) in [6.07, 6.45) is -4.76. The minimum atomic E-state index is -4.76. The number of halogens is 5. The van der Waals surface area contributed by atoms with E-state index in [1.807, 2.05) is 0 Å². The summed E-state index contributed by atoms with van der Waals surface area (Å²) in [6, 6.07) is 6.62. The number of sulfonamides is 1. The molecule has 12 heteroatoms. The summed E-state index contributed by atoms with van der Waals surface area (Å²) in [6.45, 7) is 0.675. The van der Waals surface area contributed by atoms with Gasteiger partial charge < -0.3 is 10.1 Å². The van der Waals surface area contributed by atoms with E-state index in [9.17, 15) is 26.4 Å². The summed E-state index contributed by atoms with van der Waals surface area (Å²) in [4.78, 5) is 12.1. The van der Waals surface area contributed by atoms with Crippen molar-refractivity contribution in [3.63, 3.8) is 0 Å². The Morgan fingerprint density at radius 3 is 2.37 bits per heavy atom. The third-order valence-corrected chi connectivity index (χ3v) is 6.44. The molecule has 0 aliphatic heterocycles. The Morgan fingerprint density at radius 1 is 1.17 bits per heavy atom. The Morgan fingerprint density at radius 2 is 1.83 bits per heavy atom. The zero-order valence-electron chi connectivity index (χ0n) is 15.8. The molecule has 0 aromatic heterocycles. The highest BCUT2D eigenvalue weighted by atomic mass is 35.5. The molecule has 0 heterocycles. The van der Waals surface area contributed by atoms with Gasteiger partial charge in [-0.25, -0.2) is 8.42 Å². The maximum absolute atomic E-state index is 13.2. The zero-order valence-corrected chi connectivity index (χ0v) is 18.1. The van der Waals surface area contributed by atoms with Crippen LogP contribution in [0.3, 0.4) is 0 Å². The molecular weight excluding hydrogens is 468 g/mol. The molecule has 0 unspecified atom stereocenters. The van der Waals surface area contributed by atoms with Crippen molar-refractivity contribution in [2.75, 3.05) is 25.5 Å². The van der Waals surface area contributed by atoms with Crippen LogP contribution in [0.2, 0.25) is 10.0 Å². The number of carbonyl (C=O) groups is 1. The lowest BCUT2D eigenvalue weighted by Gasteiger charge is -2.21. The van der Waals surface area contributed by atoms with Gasteiger partial charge in [-0.2, -0.15) is 17.5 Å². The van der Waals surface area contributed by atoms with Gasteiger partial charge in [-0.15, -0.1) is 0 Å². The number of ether oxygens (including phenoxy) is 1. The Bertz CT molecular complexity index is 1050. The van der Waals surface area contributed by atoms with E-state index in [0.717, 1.165) is 16.4 Å². The molecule has 0 atom stereocenters. The average Bonchev–Trinajstić information content (AvgIpc) is 2.66. The number of nitrogens with one attached hydrogen (secondary N) is 1. The summed E-state index contributed by atoms with van der Waals surface area (Å²) in [7, 11) is -2.78. The van der Waals surface area contributed by atoms with Gasteiger partial charge in [-0.3, -0.25) is 4.79 Å². The highest BCUT2D eigenvalue weighted by molar-refractivity contribution is 7.89. The number of benzene rings is 2. The summed E-state index contributed by atoms with van der Waals surface area (Å²) < 4.78 is 71.0. The monoisotopic (exact) mass is 484 g/mol. The number of amides is 1. The van der Waals surface area contributed by atoms with Crippen molar-refractivity contribution >= 4 is 44.8 Å². The van der Waals surface area contributed by atoms with Crippen molar-refractivity contribution in [1.82, 2.24) is 4.31 Å². The van der Waals surface area contributed by atoms with Crippen LogP contribution < -0.4 is 10.1 Å². The first-order valence-electron chi connectivity index (χ1n) is 8.40. The van der Waals surface area contributed by atoms with Crippen molar-refractivity contribution in [2.24, 2.45) is 0 Å². The fourth-order valence-electron chi connectivity index (χ4n) is 2.53. The molecule has 30 heavy (non-hydrogen) atoms. The first-order chi connectivity index (χ1) is 13.9. The highest BCUT2D eigenvalue weighted by Crippen LogP contribution is 2.36. The average molecular weight is 485 g/mol. The van der Waals surface area contributed by atoms with Crippen LogP contribution in [0.5, 0.6) is 5.75 Å². The van der Waals surface area contributed by atoms with Gasteiger partial charge in [-0.05, 0) is 36.4 Å². The molecular formula is C18H17Cl2F3N2O4S. The van der Waals surface area contributed by atoms with Crippen LogP contribution in [0, 0.1) is 0 Å². The first-order valence-corrected chi connectivity index (χ1v) is 10.6. The van der Waals surface area contributed by atoms with Crippen LogP contribution >= 0.6 is 23.2 Å². The van der Waals surface area contributed by atoms with E-state index in [1.165, 1.54) is 32.2 Å². The molecule has 6 nitrogen and oxygen atoms in total. The number of methoxy groups -OCH3 is 1. The van der Waals surface area contributed by atoms with Crippen LogP contribution in [0.15, 0.2) is 41.3 Å². The highest BCUT2D eigenvalue weighted by Gasteiger charge is 2.34. The molecule has 0 bridgehead atoms. The molecule has 0 aliphatic carbocycles. The normalized spacial score (nSPS) is 12.1. The standard InChI is InChI=1S/C18H17Cl2F3N2O4S/c1-3-25(30(27,28)12-5-7-16(29-2)14(20)9-12)10-17(26)24-15-6-4-11(19)8-13(15)18(21,22)23/h4-9H,3,10H2,1-2H3,(H,24,26). The maximum Gasteiger partial charge on any atom is 0.418 e. The Kier molecular flexibility index (Phi) is 7.62. The second kappa shape index (κ2) is 9.42. The van der Waals surface area contributed by atoms with Crippen molar-refractivity contribution in [3.8, 4) is 5.75 Å². The van der Waals surface area contributed by atoms with Gasteiger partial charge in [0.2, 0.25) is 15.9 Å². The van der Waals surface area contributed by atoms with E-state index >= 15 is 0 Å². The minimum Gasteiger partial charge on any atom is -0.495 e. The van der Waals surface area contributed by atoms with Crippen LogP contribution in [0.1, 0.15) is 12.5 Å². The molecule has 0 fully saturated rings. The molecule has 0 saturated heterocycles. The smallest absolute Gasteiger partial charge is 0.418 e. The zero-order chi connectivity index (χ0) is 22.7. The number of alkyl halides is 3. The molecule has 0 saturated carbocycles. The number of hydrogen-bond donors (Lipinski definition) is 1. The van der Waals surface area contributed by atoms with Crippen LogP contribution in [0.25, 0.3) is 0 Å². The summed E-state index contributed by atoms with van der Waals surface area (Å²) in [5.74, 6) is -0.688. The Hall–Kier alpha value is -2.01. The predicted molar refractivity (Wildman–Crippen MR) is 108 cm³/mol. The summed E-state index contributed by atoms with van der Waals surface area (Å²) in [5, 5.41) is 1.99. The summed E-state index contributed by atoms with van der Waals surface area (Å²) >= 11 is 11.6. The summed E-state index contributed by atoms with van der Waals surface area (Å²) in [5.41, 5.74) is -1.67. The molecule has 2 rings (SSSR count). The molecule has 1 N–H and O–H groups in total. The van der Waals surface area contributed by atoms with E-state index < -0.39 is 39.9 Å². The number of hydrogen-bond acceptors (Lipinski definition) is 4. The maximum atomic E-state index is 13.2. The van der Waals surface area contributed by atoms with Gasteiger partial charge in [0.15, 0.2) is 0 Å². The van der Waals surface area contributed by atoms with Crippen molar-refractivity contribution < 1.29 is 31.1 Å². The number of nitrogens with zero attached hydrogens (tertiary/aromatic N) is 1. The van der Waals surface area contributed by atoms with Gasteiger partial charge in [0.25, 0.3) is 0 Å². The minimum absolute atomic E-state index is 0.0510. The van der Waals surface area contributed by atoms with Gasteiger partial charge in [0, 0.05) is 11.6 Å². The van der Waals surface area contributed by atoms with E-state index in [0.29, 0.717) is 6.07 Å². The quantitative estimate of drug-likeness (QED) is 0.619. The lowest BCUT2D eigenvalue weighted by atomic mass is 10.1. The second-order valence-corrected chi connectivity index (χ2v) is 8.74. The van der Waals surface area contributed by atoms with Crippen molar-refractivity contribution in [2.45, 2.75) is 18.0 Å². The predicted octanol–water partition coefficient (Wildman–Crippen LogP) is 4.67. The molecule has 0 spiro atoms. The molecule has 2 aromatic carbocycles. The van der Waals surface area contributed by atoms with E-state index in [2.05, 4.69) is 5.32 Å².